The molecule has 154 valence electrons. The van der Waals surface area contributed by atoms with Crippen molar-refractivity contribution in [3.8, 4) is 21.6 Å². The van der Waals surface area contributed by atoms with E-state index in [2.05, 4.69) is 0 Å². The number of rotatable bonds is 4. The maximum atomic E-state index is 13.9. The summed E-state index contributed by atoms with van der Waals surface area (Å²) in [5.41, 5.74) is 0.556. The Bertz CT molecular complexity index is 1130. The van der Waals surface area contributed by atoms with E-state index in [-0.39, 0.29) is 37.8 Å². The summed E-state index contributed by atoms with van der Waals surface area (Å²) in [5.74, 6) is -5.66. The van der Waals surface area contributed by atoms with Crippen LogP contribution in [0.1, 0.15) is 4.88 Å². The molecule has 0 unspecified atom stereocenters. The van der Waals surface area contributed by atoms with Gasteiger partial charge in [0.05, 0.1) is 9.77 Å². The molecule has 0 aliphatic heterocycles. The van der Waals surface area contributed by atoms with E-state index in [1.54, 1.807) is 0 Å². The van der Waals surface area contributed by atoms with Crippen molar-refractivity contribution in [2.45, 2.75) is 17.0 Å². The molecule has 1 heterocycles. The van der Waals surface area contributed by atoms with Gasteiger partial charge in [-0.25, -0.2) is 12.8 Å². The molecule has 10 heteroatoms. The number of hydrogen-bond donors (Lipinski definition) is 0. The van der Waals surface area contributed by atoms with Crippen LogP contribution in [0.25, 0.3) is 21.6 Å². The zero-order valence-electron chi connectivity index (χ0n) is 14.6. The van der Waals surface area contributed by atoms with Crippen molar-refractivity contribution in [2.75, 3.05) is 6.26 Å². The molecule has 0 spiro atoms. The van der Waals surface area contributed by atoms with Crippen molar-refractivity contribution in [3.63, 3.8) is 0 Å². The third-order valence-electron chi connectivity index (χ3n) is 4.10. The minimum Gasteiger partial charge on any atom is -0.224 e. The Balaban J connectivity index is 2.20. The van der Waals surface area contributed by atoms with Gasteiger partial charge in [-0.15, -0.1) is 11.3 Å². The zero-order chi connectivity index (χ0) is 21.6. The summed E-state index contributed by atoms with van der Waals surface area (Å²) >= 11 is 0.246. The van der Waals surface area contributed by atoms with Crippen LogP contribution in [0.4, 0.5) is 26.3 Å². The lowest BCUT2D eigenvalue weighted by Gasteiger charge is -2.17. The number of alkyl halides is 5. The zero-order valence-corrected chi connectivity index (χ0v) is 16.2. The molecule has 0 fully saturated rings. The first-order chi connectivity index (χ1) is 13.3. The van der Waals surface area contributed by atoms with Crippen molar-refractivity contribution in [1.82, 2.24) is 0 Å². The fourth-order valence-corrected chi connectivity index (χ4v) is 4.41. The summed E-state index contributed by atoms with van der Waals surface area (Å²) in [6.07, 6.45) is -4.80. The summed E-state index contributed by atoms with van der Waals surface area (Å²) in [7, 11) is -3.51. The van der Waals surface area contributed by atoms with Crippen molar-refractivity contribution >= 4 is 21.2 Å². The maximum absolute atomic E-state index is 13.9. The lowest BCUT2D eigenvalue weighted by atomic mass is 10.0. The highest BCUT2D eigenvalue weighted by atomic mass is 32.2. The molecule has 0 bridgehead atoms. The average molecular weight is 450 g/mol. The van der Waals surface area contributed by atoms with Crippen LogP contribution >= 0.6 is 11.3 Å². The van der Waals surface area contributed by atoms with Crippen molar-refractivity contribution in [3.05, 3.63) is 65.3 Å². The summed E-state index contributed by atoms with van der Waals surface area (Å²) in [6, 6.07) is 10.5. The van der Waals surface area contributed by atoms with Crippen molar-refractivity contribution < 1.29 is 34.8 Å². The molecule has 2 aromatic carbocycles. The molecule has 0 saturated carbocycles. The number of halogens is 6. The molecule has 2 nitrogen and oxygen atoms in total. The predicted octanol–water partition coefficient (Wildman–Crippen LogP) is 6.28. The molecular formula is C19H12F6O2S2. The van der Waals surface area contributed by atoms with Gasteiger partial charge in [0, 0.05) is 16.7 Å². The second-order valence-corrected chi connectivity index (χ2v) is 9.30. The van der Waals surface area contributed by atoms with Gasteiger partial charge in [0.1, 0.15) is 5.82 Å². The molecule has 1 aromatic heterocycles. The summed E-state index contributed by atoms with van der Waals surface area (Å²) < 4.78 is 103. The van der Waals surface area contributed by atoms with Gasteiger partial charge in [-0.3, -0.25) is 0 Å². The molecule has 3 aromatic rings. The molecule has 0 N–H and O–H groups in total. The monoisotopic (exact) mass is 450 g/mol. The fourth-order valence-electron chi connectivity index (χ4n) is 2.60. The summed E-state index contributed by atoms with van der Waals surface area (Å²) in [5, 5.41) is 0. The summed E-state index contributed by atoms with van der Waals surface area (Å²) in [4.78, 5) is -1.16. The molecule has 0 aliphatic carbocycles. The largest absolute Gasteiger partial charge is 0.458 e. The van der Waals surface area contributed by atoms with Crippen molar-refractivity contribution in [1.29, 1.82) is 0 Å². The van der Waals surface area contributed by atoms with Crippen molar-refractivity contribution in [2.24, 2.45) is 0 Å². The van der Waals surface area contributed by atoms with Gasteiger partial charge < -0.3 is 0 Å². The van der Waals surface area contributed by atoms with Gasteiger partial charge in [-0.1, -0.05) is 24.3 Å². The number of hydrogen-bond acceptors (Lipinski definition) is 3. The van der Waals surface area contributed by atoms with E-state index in [0.29, 0.717) is 0 Å². The van der Waals surface area contributed by atoms with E-state index in [4.69, 9.17) is 0 Å². The third-order valence-corrected chi connectivity index (χ3v) is 6.48. The minimum atomic E-state index is -5.78. The second kappa shape index (κ2) is 7.17. The second-order valence-electron chi connectivity index (χ2n) is 6.23. The first kappa shape index (κ1) is 21.4. The molecule has 0 atom stereocenters. The Morgan fingerprint density at radius 1 is 0.828 bits per heavy atom. The molecule has 3 rings (SSSR count). The van der Waals surface area contributed by atoms with E-state index in [0.717, 1.165) is 24.5 Å². The lowest BCUT2D eigenvalue weighted by Crippen LogP contribution is -2.32. The molecular weight excluding hydrogens is 438 g/mol. The number of sulfone groups is 1. The van der Waals surface area contributed by atoms with Crippen LogP contribution in [-0.4, -0.2) is 20.8 Å². The van der Waals surface area contributed by atoms with Gasteiger partial charge >= 0.3 is 12.1 Å². The lowest BCUT2D eigenvalue weighted by molar-refractivity contribution is -0.287. The van der Waals surface area contributed by atoms with E-state index in [9.17, 15) is 34.8 Å². The quantitative estimate of drug-likeness (QED) is 0.439. The summed E-state index contributed by atoms with van der Waals surface area (Å²) in [6.45, 7) is 0. The smallest absolute Gasteiger partial charge is 0.224 e. The standard InChI is InChI=1S/C19H12F6O2S2/c1-29(26,27)14-8-4-11(5-9-14)15-10-16(18(21,22)19(23,24)25)28-17(15)12-2-6-13(20)7-3-12/h2-10H,1H3. The van der Waals surface area contributed by atoms with Crippen LogP contribution in [0.3, 0.4) is 0 Å². The van der Waals surface area contributed by atoms with Crippen LogP contribution < -0.4 is 0 Å². The van der Waals surface area contributed by atoms with Gasteiger partial charge in [0.2, 0.25) is 0 Å². The Hall–Kier alpha value is -2.33. The highest BCUT2D eigenvalue weighted by Gasteiger charge is 2.59. The third kappa shape index (κ3) is 4.18. The van der Waals surface area contributed by atoms with E-state index >= 15 is 0 Å². The highest BCUT2D eigenvalue weighted by Crippen LogP contribution is 2.50. The van der Waals surface area contributed by atoms with Gasteiger partial charge in [0.15, 0.2) is 9.84 Å². The number of thiophene rings is 1. The maximum Gasteiger partial charge on any atom is 0.458 e. The Labute approximate surface area is 166 Å². The van der Waals surface area contributed by atoms with E-state index in [1.807, 2.05) is 0 Å². The molecule has 29 heavy (non-hydrogen) atoms. The molecule has 0 radical (unpaired) electrons. The SMILES string of the molecule is CS(=O)(=O)c1ccc(-c2cc(C(F)(F)C(F)(F)F)sc2-c2ccc(F)cc2)cc1. The molecule has 0 aliphatic rings. The topological polar surface area (TPSA) is 34.1 Å². The van der Waals surface area contributed by atoms with Gasteiger partial charge in [0.25, 0.3) is 0 Å². The van der Waals surface area contributed by atoms with Crippen LogP contribution in [0.5, 0.6) is 0 Å². The van der Waals surface area contributed by atoms with Crippen LogP contribution in [0.2, 0.25) is 0 Å². The van der Waals surface area contributed by atoms with Gasteiger partial charge in [-0.2, -0.15) is 22.0 Å². The molecule has 0 amide bonds. The Morgan fingerprint density at radius 3 is 1.83 bits per heavy atom. The van der Waals surface area contributed by atoms with E-state index in [1.165, 1.54) is 36.4 Å². The Morgan fingerprint density at radius 2 is 1.34 bits per heavy atom. The van der Waals surface area contributed by atoms with Crippen LogP contribution in [0.15, 0.2) is 59.5 Å². The molecule has 0 saturated heterocycles. The average Bonchev–Trinajstić information content (AvgIpc) is 3.07. The number of benzene rings is 2. The first-order valence-electron chi connectivity index (χ1n) is 7.96. The minimum absolute atomic E-state index is 0.0272. The fraction of sp³-hybridized carbons (Fsp3) is 0.158. The van der Waals surface area contributed by atoms with E-state index < -0.39 is 32.6 Å². The predicted molar refractivity (Wildman–Crippen MR) is 98.2 cm³/mol. The Kier molecular flexibility index (Phi) is 5.29. The van der Waals surface area contributed by atoms with Crippen LogP contribution in [0, 0.1) is 5.82 Å². The van der Waals surface area contributed by atoms with Crippen LogP contribution in [-0.2, 0) is 15.8 Å². The highest BCUT2D eigenvalue weighted by molar-refractivity contribution is 7.90. The normalized spacial score (nSPS) is 12.9. The first-order valence-corrected chi connectivity index (χ1v) is 10.7. The van der Waals surface area contributed by atoms with Gasteiger partial charge in [-0.05, 0) is 41.5 Å².